The average Bonchev–Trinajstić information content (AvgIpc) is 2.96. The first-order valence-corrected chi connectivity index (χ1v) is 6.48. The predicted octanol–water partition coefficient (Wildman–Crippen LogP) is 0.293. The molecule has 0 bridgehead atoms. The van der Waals surface area contributed by atoms with E-state index in [-0.39, 0.29) is 11.9 Å². The number of hydrogen-bond acceptors (Lipinski definition) is 3. The van der Waals surface area contributed by atoms with E-state index in [0.717, 1.165) is 32.5 Å². The van der Waals surface area contributed by atoms with Gasteiger partial charge in [-0.1, -0.05) is 0 Å². The van der Waals surface area contributed by atoms with Crippen LogP contribution in [-0.2, 0) is 4.79 Å². The van der Waals surface area contributed by atoms with Crippen LogP contribution in [0.3, 0.4) is 0 Å². The molecule has 4 heteroatoms. The molecule has 4 nitrogen and oxygen atoms in total. The third-order valence-electron chi connectivity index (χ3n) is 3.68. The van der Waals surface area contributed by atoms with Gasteiger partial charge in [-0.2, -0.15) is 0 Å². The van der Waals surface area contributed by atoms with E-state index in [9.17, 15) is 4.79 Å². The van der Waals surface area contributed by atoms with E-state index in [1.54, 1.807) is 0 Å². The number of nitrogens with one attached hydrogen (secondary N) is 1. The highest BCUT2D eigenvalue weighted by atomic mass is 16.2. The van der Waals surface area contributed by atoms with Crippen molar-refractivity contribution in [1.82, 2.24) is 15.1 Å². The highest BCUT2D eigenvalue weighted by Gasteiger charge is 2.25. The molecule has 1 unspecified atom stereocenters. The van der Waals surface area contributed by atoms with Crippen molar-refractivity contribution in [2.24, 2.45) is 0 Å². The quantitative estimate of drug-likeness (QED) is 0.747. The number of hydrogen-bond donors (Lipinski definition) is 1. The Hall–Kier alpha value is -0.610. The zero-order valence-corrected chi connectivity index (χ0v) is 10.2. The molecule has 1 N–H and O–H groups in total. The lowest BCUT2D eigenvalue weighted by Crippen LogP contribution is -2.44. The number of nitrogens with zero attached hydrogens (tertiary/aromatic N) is 2. The van der Waals surface area contributed by atoms with E-state index in [4.69, 9.17) is 0 Å². The molecular weight excluding hydrogens is 202 g/mol. The monoisotopic (exact) mass is 225 g/mol. The molecule has 0 spiro atoms. The molecule has 92 valence electrons. The van der Waals surface area contributed by atoms with Crippen LogP contribution in [0.15, 0.2) is 0 Å². The Bertz CT molecular complexity index is 232. The SMILES string of the molecule is CN(CCN1CCCC1)C(=O)C1CCCN1. The van der Waals surface area contributed by atoms with Crippen molar-refractivity contribution in [2.75, 3.05) is 39.8 Å². The van der Waals surface area contributed by atoms with Crippen LogP contribution < -0.4 is 5.32 Å². The Morgan fingerprint density at radius 3 is 2.75 bits per heavy atom. The lowest BCUT2D eigenvalue weighted by atomic mass is 10.2. The van der Waals surface area contributed by atoms with E-state index in [0.29, 0.717) is 0 Å². The second-order valence-electron chi connectivity index (χ2n) is 4.96. The first-order chi connectivity index (χ1) is 7.77. The van der Waals surface area contributed by atoms with Gasteiger partial charge in [-0.05, 0) is 45.3 Å². The maximum Gasteiger partial charge on any atom is 0.239 e. The second kappa shape index (κ2) is 5.64. The molecule has 0 aromatic carbocycles. The number of amides is 1. The van der Waals surface area contributed by atoms with Gasteiger partial charge in [0.05, 0.1) is 6.04 Å². The van der Waals surface area contributed by atoms with Crippen molar-refractivity contribution >= 4 is 5.91 Å². The molecule has 1 amide bonds. The summed E-state index contributed by atoms with van der Waals surface area (Å²) in [4.78, 5) is 16.3. The summed E-state index contributed by atoms with van der Waals surface area (Å²) in [5, 5.41) is 3.26. The van der Waals surface area contributed by atoms with Gasteiger partial charge in [-0.15, -0.1) is 0 Å². The standard InChI is InChI=1S/C12H23N3O/c1-14(9-10-15-7-2-3-8-15)12(16)11-5-4-6-13-11/h11,13H,2-10H2,1H3. The van der Waals surface area contributed by atoms with Crippen molar-refractivity contribution in [3.63, 3.8) is 0 Å². The number of carbonyl (C=O) groups is 1. The van der Waals surface area contributed by atoms with Gasteiger partial charge in [0.1, 0.15) is 0 Å². The van der Waals surface area contributed by atoms with Gasteiger partial charge in [0, 0.05) is 20.1 Å². The van der Waals surface area contributed by atoms with Crippen LogP contribution in [-0.4, -0.2) is 61.5 Å². The molecule has 0 aromatic rings. The normalized spacial score (nSPS) is 26.2. The summed E-state index contributed by atoms with van der Waals surface area (Å²) in [5.41, 5.74) is 0. The molecule has 16 heavy (non-hydrogen) atoms. The fourth-order valence-corrected chi connectivity index (χ4v) is 2.57. The molecule has 2 fully saturated rings. The molecule has 1 atom stereocenters. The third kappa shape index (κ3) is 2.95. The summed E-state index contributed by atoms with van der Waals surface area (Å²) in [5.74, 6) is 0.275. The fourth-order valence-electron chi connectivity index (χ4n) is 2.57. The van der Waals surface area contributed by atoms with Gasteiger partial charge < -0.3 is 15.1 Å². The van der Waals surface area contributed by atoms with Gasteiger partial charge in [0.2, 0.25) is 5.91 Å². The topological polar surface area (TPSA) is 35.6 Å². The number of rotatable bonds is 4. The van der Waals surface area contributed by atoms with Crippen molar-refractivity contribution in [1.29, 1.82) is 0 Å². The largest absolute Gasteiger partial charge is 0.343 e. The fraction of sp³-hybridized carbons (Fsp3) is 0.917. The number of likely N-dealkylation sites (N-methyl/N-ethyl adjacent to an activating group) is 1. The van der Waals surface area contributed by atoms with Gasteiger partial charge >= 0.3 is 0 Å². The average molecular weight is 225 g/mol. The van der Waals surface area contributed by atoms with Crippen molar-refractivity contribution in [3.05, 3.63) is 0 Å². The molecule has 0 radical (unpaired) electrons. The predicted molar refractivity (Wildman–Crippen MR) is 64.3 cm³/mol. The van der Waals surface area contributed by atoms with Crippen molar-refractivity contribution in [2.45, 2.75) is 31.7 Å². The molecular formula is C12H23N3O. The van der Waals surface area contributed by atoms with E-state index in [2.05, 4.69) is 10.2 Å². The summed E-state index contributed by atoms with van der Waals surface area (Å²) in [7, 11) is 1.93. The Labute approximate surface area is 98.0 Å². The van der Waals surface area contributed by atoms with Gasteiger partial charge in [-0.25, -0.2) is 0 Å². The molecule has 0 aliphatic carbocycles. The van der Waals surface area contributed by atoms with Crippen molar-refractivity contribution in [3.8, 4) is 0 Å². The Morgan fingerprint density at radius 1 is 1.38 bits per heavy atom. The zero-order valence-electron chi connectivity index (χ0n) is 10.2. The Balaban J connectivity index is 1.69. The lowest BCUT2D eigenvalue weighted by molar-refractivity contribution is -0.131. The summed E-state index contributed by atoms with van der Waals surface area (Å²) < 4.78 is 0. The van der Waals surface area contributed by atoms with Crippen LogP contribution in [0.4, 0.5) is 0 Å². The summed E-state index contributed by atoms with van der Waals surface area (Å²) in [6.07, 6.45) is 4.78. The first kappa shape index (κ1) is 11.9. The lowest BCUT2D eigenvalue weighted by Gasteiger charge is -2.24. The van der Waals surface area contributed by atoms with E-state index < -0.39 is 0 Å². The molecule has 2 aliphatic heterocycles. The van der Waals surface area contributed by atoms with Gasteiger partial charge in [0.15, 0.2) is 0 Å². The van der Waals surface area contributed by atoms with E-state index in [1.165, 1.54) is 25.9 Å². The second-order valence-corrected chi connectivity index (χ2v) is 4.96. The zero-order chi connectivity index (χ0) is 11.4. The molecule has 2 aliphatic rings. The maximum atomic E-state index is 12.0. The van der Waals surface area contributed by atoms with Crippen molar-refractivity contribution < 1.29 is 4.79 Å². The van der Waals surface area contributed by atoms with Gasteiger partial charge in [0.25, 0.3) is 0 Å². The third-order valence-corrected chi connectivity index (χ3v) is 3.68. The van der Waals surface area contributed by atoms with E-state index >= 15 is 0 Å². The van der Waals surface area contributed by atoms with Gasteiger partial charge in [-0.3, -0.25) is 4.79 Å². The minimum atomic E-state index is 0.0866. The van der Waals surface area contributed by atoms with Crippen LogP contribution in [0.25, 0.3) is 0 Å². The van der Waals surface area contributed by atoms with E-state index in [1.807, 2.05) is 11.9 Å². The highest BCUT2D eigenvalue weighted by molar-refractivity contribution is 5.81. The maximum absolute atomic E-state index is 12.0. The summed E-state index contributed by atoms with van der Waals surface area (Å²) >= 11 is 0. The smallest absolute Gasteiger partial charge is 0.239 e. The molecule has 2 heterocycles. The van der Waals surface area contributed by atoms with Crippen LogP contribution in [0, 0.1) is 0 Å². The molecule has 0 aromatic heterocycles. The van der Waals surface area contributed by atoms with Crippen LogP contribution >= 0.6 is 0 Å². The molecule has 0 saturated carbocycles. The highest BCUT2D eigenvalue weighted by Crippen LogP contribution is 2.09. The van der Waals surface area contributed by atoms with Crippen LogP contribution in [0.1, 0.15) is 25.7 Å². The summed E-state index contributed by atoms with van der Waals surface area (Å²) in [6.45, 7) is 5.33. The number of likely N-dealkylation sites (tertiary alicyclic amines) is 1. The first-order valence-electron chi connectivity index (χ1n) is 6.48. The Kier molecular flexibility index (Phi) is 4.18. The minimum absolute atomic E-state index is 0.0866. The molecule has 2 rings (SSSR count). The van der Waals surface area contributed by atoms with Crippen LogP contribution in [0.2, 0.25) is 0 Å². The molecule has 2 saturated heterocycles. The Morgan fingerprint density at radius 2 is 2.12 bits per heavy atom. The number of carbonyl (C=O) groups excluding carboxylic acids is 1. The minimum Gasteiger partial charge on any atom is -0.343 e. The summed E-state index contributed by atoms with van der Waals surface area (Å²) in [6, 6.07) is 0.0866. The van der Waals surface area contributed by atoms with Crippen LogP contribution in [0.5, 0.6) is 0 Å².